The van der Waals surface area contributed by atoms with Crippen molar-refractivity contribution in [1.29, 1.82) is 0 Å². The molecule has 1 aromatic heterocycles. The van der Waals surface area contributed by atoms with E-state index in [9.17, 15) is 4.79 Å². The molecule has 0 spiro atoms. The highest BCUT2D eigenvalue weighted by Gasteiger charge is 2.22. The number of nitrogens with zero attached hydrogens (tertiary/aromatic N) is 4. The second-order valence-electron chi connectivity index (χ2n) is 7.82. The average molecular weight is 423 g/mol. The molecule has 0 unspecified atom stereocenters. The van der Waals surface area contributed by atoms with Crippen molar-refractivity contribution in [3.8, 4) is 5.69 Å². The summed E-state index contributed by atoms with van der Waals surface area (Å²) in [6.45, 7) is 7.15. The standard InChI is InChI=1S/C24H27ClN4O/c1-18-17-19(2)29(26-18)21-10-7-20(8-11-21)9-12-24(30)28-15-13-27(14-16-28)23-6-4-3-5-22(23)25/h3-8,10-11,17H,9,12-16H2,1-2H3. The third kappa shape index (κ3) is 4.51. The third-order valence-electron chi connectivity index (χ3n) is 5.64. The summed E-state index contributed by atoms with van der Waals surface area (Å²) in [6.07, 6.45) is 1.28. The molecule has 4 rings (SSSR count). The van der Waals surface area contributed by atoms with E-state index >= 15 is 0 Å². The molecule has 0 radical (unpaired) electrons. The van der Waals surface area contributed by atoms with Crippen LogP contribution in [0.25, 0.3) is 5.69 Å². The molecule has 1 fully saturated rings. The number of carbonyl (C=O) groups excluding carboxylic acids is 1. The number of benzene rings is 2. The number of rotatable bonds is 5. The molecule has 2 aromatic carbocycles. The van der Waals surface area contributed by atoms with E-state index in [-0.39, 0.29) is 5.91 Å². The largest absolute Gasteiger partial charge is 0.367 e. The summed E-state index contributed by atoms with van der Waals surface area (Å²) < 4.78 is 1.95. The van der Waals surface area contributed by atoms with Crippen LogP contribution in [0.4, 0.5) is 5.69 Å². The Morgan fingerprint density at radius 1 is 1.00 bits per heavy atom. The van der Waals surface area contributed by atoms with Gasteiger partial charge in [-0.05, 0) is 56.2 Å². The first kappa shape index (κ1) is 20.5. The minimum atomic E-state index is 0.219. The number of piperazine rings is 1. The van der Waals surface area contributed by atoms with E-state index in [0.29, 0.717) is 6.42 Å². The molecule has 5 nitrogen and oxygen atoms in total. The Morgan fingerprint density at radius 3 is 2.33 bits per heavy atom. The van der Waals surface area contributed by atoms with Gasteiger partial charge in [0, 0.05) is 38.3 Å². The molecule has 30 heavy (non-hydrogen) atoms. The second kappa shape index (κ2) is 8.92. The lowest BCUT2D eigenvalue weighted by Crippen LogP contribution is -2.48. The van der Waals surface area contributed by atoms with E-state index in [2.05, 4.69) is 47.3 Å². The van der Waals surface area contributed by atoms with Gasteiger partial charge in [-0.2, -0.15) is 5.10 Å². The van der Waals surface area contributed by atoms with Crippen molar-refractivity contribution in [2.24, 2.45) is 0 Å². The molecule has 3 aromatic rings. The first-order valence-electron chi connectivity index (χ1n) is 10.4. The summed E-state index contributed by atoms with van der Waals surface area (Å²) in [6, 6.07) is 18.3. The Labute approximate surface area is 182 Å². The summed E-state index contributed by atoms with van der Waals surface area (Å²) in [5, 5.41) is 5.29. The Hall–Kier alpha value is -2.79. The molecule has 0 N–H and O–H groups in total. The van der Waals surface area contributed by atoms with Crippen molar-refractivity contribution in [1.82, 2.24) is 14.7 Å². The summed E-state index contributed by atoms with van der Waals surface area (Å²) in [4.78, 5) is 16.9. The van der Waals surface area contributed by atoms with Crippen molar-refractivity contribution in [2.45, 2.75) is 26.7 Å². The molecule has 1 aliphatic heterocycles. The smallest absolute Gasteiger partial charge is 0.223 e. The molecule has 156 valence electrons. The Kier molecular flexibility index (Phi) is 6.09. The minimum absolute atomic E-state index is 0.219. The van der Waals surface area contributed by atoms with Crippen molar-refractivity contribution >= 4 is 23.2 Å². The number of aromatic nitrogens is 2. The maximum Gasteiger partial charge on any atom is 0.223 e. The topological polar surface area (TPSA) is 41.4 Å². The zero-order chi connectivity index (χ0) is 21.1. The van der Waals surface area contributed by atoms with Gasteiger partial charge < -0.3 is 9.80 Å². The number of anilines is 1. The fraction of sp³-hybridized carbons (Fsp3) is 0.333. The number of carbonyl (C=O) groups is 1. The Balaban J connectivity index is 1.29. The van der Waals surface area contributed by atoms with E-state index in [4.69, 9.17) is 11.6 Å². The van der Waals surface area contributed by atoms with Crippen LogP contribution in [0.5, 0.6) is 0 Å². The average Bonchev–Trinajstić information content (AvgIpc) is 3.11. The summed E-state index contributed by atoms with van der Waals surface area (Å²) in [5.74, 6) is 0.219. The lowest BCUT2D eigenvalue weighted by atomic mass is 10.1. The SMILES string of the molecule is Cc1cc(C)n(-c2ccc(CCC(=O)N3CCN(c4ccccc4Cl)CC3)cc2)n1. The minimum Gasteiger partial charge on any atom is -0.367 e. The highest BCUT2D eigenvalue weighted by molar-refractivity contribution is 6.33. The van der Waals surface area contributed by atoms with Gasteiger partial charge in [0.15, 0.2) is 0 Å². The van der Waals surface area contributed by atoms with E-state index in [1.807, 2.05) is 40.8 Å². The number of para-hydroxylation sites is 1. The van der Waals surface area contributed by atoms with Crippen LogP contribution in [0.3, 0.4) is 0 Å². The lowest BCUT2D eigenvalue weighted by molar-refractivity contribution is -0.131. The first-order chi connectivity index (χ1) is 14.5. The van der Waals surface area contributed by atoms with Crippen LogP contribution in [0.15, 0.2) is 54.6 Å². The van der Waals surface area contributed by atoms with E-state index in [1.165, 1.54) is 5.56 Å². The second-order valence-corrected chi connectivity index (χ2v) is 8.23. The number of amides is 1. The number of hydrogen-bond donors (Lipinski definition) is 0. The molecular formula is C24H27ClN4O. The van der Waals surface area contributed by atoms with Gasteiger partial charge in [-0.1, -0.05) is 35.9 Å². The zero-order valence-corrected chi connectivity index (χ0v) is 18.3. The molecule has 0 bridgehead atoms. The van der Waals surface area contributed by atoms with Crippen LogP contribution >= 0.6 is 11.6 Å². The fourth-order valence-electron chi connectivity index (χ4n) is 4.01. The van der Waals surface area contributed by atoms with Crippen LogP contribution in [-0.4, -0.2) is 46.8 Å². The first-order valence-corrected chi connectivity index (χ1v) is 10.8. The summed E-state index contributed by atoms with van der Waals surface area (Å²) >= 11 is 6.31. The van der Waals surface area contributed by atoms with Crippen LogP contribution in [0.1, 0.15) is 23.4 Å². The highest BCUT2D eigenvalue weighted by atomic mass is 35.5. The predicted octanol–water partition coefficient (Wildman–Crippen LogP) is 4.42. The van der Waals surface area contributed by atoms with Gasteiger partial charge in [-0.15, -0.1) is 0 Å². The maximum atomic E-state index is 12.7. The zero-order valence-electron chi connectivity index (χ0n) is 17.5. The van der Waals surface area contributed by atoms with Gasteiger partial charge in [0.25, 0.3) is 0 Å². The quantitative estimate of drug-likeness (QED) is 0.611. The number of hydrogen-bond acceptors (Lipinski definition) is 3. The Bertz CT molecular complexity index is 1020. The van der Waals surface area contributed by atoms with E-state index in [0.717, 1.165) is 60.4 Å². The van der Waals surface area contributed by atoms with Crippen LogP contribution in [0.2, 0.25) is 5.02 Å². The number of aryl methyl sites for hydroxylation is 3. The normalized spacial score (nSPS) is 14.2. The summed E-state index contributed by atoms with van der Waals surface area (Å²) in [5.41, 5.74) is 5.40. The van der Waals surface area contributed by atoms with Gasteiger partial charge >= 0.3 is 0 Å². The Morgan fingerprint density at radius 2 is 1.70 bits per heavy atom. The fourth-order valence-corrected chi connectivity index (χ4v) is 4.26. The molecule has 0 atom stereocenters. The van der Waals surface area contributed by atoms with Crippen LogP contribution < -0.4 is 4.90 Å². The van der Waals surface area contributed by atoms with Crippen molar-refractivity contribution in [3.05, 3.63) is 76.6 Å². The maximum absolute atomic E-state index is 12.7. The monoisotopic (exact) mass is 422 g/mol. The lowest BCUT2D eigenvalue weighted by Gasteiger charge is -2.36. The predicted molar refractivity (Wildman–Crippen MR) is 122 cm³/mol. The third-order valence-corrected chi connectivity index (χ3v) is 5.96. The van der Waals surface area contributed by atoms with Crippen LogP contribution in [0, 0.1) is 13.8 Å². The molecule has 1 saturated heterocycles. The van der Waals surface area contributed by atoms with Gasteiger partial charge in [-0.25, -0.2) is 4.68 Å². The highest BCUT2D eigenvalue weighted by Crippen LogP contribution is 2.26. The molecule has 0 aliphatic carbocycles. The molecule has 1 amide bonds. The molecule has 1 aliphatic rings. The van der Waals surface area contributed by atoms with Gasteiger partial charge in [-0.3, -0.25) is 4.79 Å². The van der Waals surface area contributed by atoms with Crippen molar-refractivity contribution in [2.75, 3.05) is 31.1 Å². The van der Waals surface area contributed by atoms with E-state index < -0.39 is 0 Å². The van der Waals surface area contributed by atoms with Crippen molar-refractivity contribution in [3.63, 3.8) is 0 Å². The molecule has 6 heteroatoms. The van der Waals surface area contributed by atoms with Gasteiger partial charge in [0.05, 0.1) is 22.1 Å². The molecule has 0 saturated carbocycles. The van der Waals surface area contributed by atoms with Crippen molar-refractivity contribution < 1.29 is 4.79 Å². The van der Waals surface area contributed by atoms with Crippen LogP contribution in [-0.2, 0) is 11.2 Å². The molecule has 2 heterocycles. The molecular weight excluding hydrogens is 396 g/mol. The van der Waals surface area contributed by atoms with Gasteiger partial charge in [0.2, 0.25) is 5.91 Å². The number of halogens is 1. The summed E-state index contributed by atoms with van der Waals surface area (Å²) in [7, 11) is 0. The van der Waals surface area contributed by atoms with Gasteiger partial charge in [0.1, 0.15) is 0 Å². The van der Waals surface area contributed by atoms with E-state index in [1.54, 1.807) is 0 Å².